The molecule has 0 aromatic heterocycles. The lowest BCUT2D eigenvalue weighted by molar-refractivity contribution is -0.870. The number of carbonyl (C=O) groups is 2. The number of quaternary nitrogens is 1. The number of allylic oxidation sites excluding steroid dienone is 9. The fourth-order valence-corrected chi connectivity index (χ4v) is 10.4. The minimum absolute atomic E-state index is 0.0245. The van der Waals surface area contributed by atoms with E-state index in [-0.39, 0.29) is 24.9 Å². The summed E-state index contributed by atoms with van der Waals surface area (Å²) in [7, 11) is 1.18. The monoisotopic (exact) mass is 1130 g/mol. The zero-order valence-corrected chi connectivity index (χ0v) is 53.7. The summed E-state index contributed by atoms with van der Waals surface area (Å²) in [6.45, 7) is 6.83. The lowest BCUT2D eigenvalue weighted by Crippen LogP contribution is -2.47. The number of rotatable bonds is 61. The summed E-state index contributed by atoms with van der Waals surface area (Å²) in [6.07, 6.45) is 74.8. The van der Waals surface area contributed by atoms with Crippen molar-refractivity contribution in [1.82, 2.24) is 5.32 Å². The van der Waals surface area contributed by atoms with Crippen LogP contribution in [0.1, 0.15) is 316 Å². The van der Waals surface area contributed by atoms with Gasteiger partial charge in [-0.15, -0.1) is 0 Å². The van der Waals surface area contributed by atoms with Crippen LogP contribution in [0.2, 0.25) is 0 Å². The van der Waals surface area contributed by atoms with Crippen molar-refractivity contribution in [2.45, 2.75) is 328 Å². The van der Waals surface area contributed by atoms with Gasteiger partial charge in [-0.05, 0) is 96.0 Å². The van der Waals surface area contributed by atoms with Gasteiger partial charge in [-0.3, -0.25) is 14.2 Å². The van der Waals surface area contributed by atoms with Gasteiger partial charge in [0, 0.05) is 12.8 Å². The Morgan fingerprint density at radius 2 is 0.772 bits per heavy atom. The second-order valence-electron chi connectivity index (χ2n) is 24.0. The lowest BCUT2D eigenvalue weighted by atomic mass is 10.0. The number of carbonyl (C=O) groups excluding carboxylic acids is 2. The number of likely N-dealkylation sites (N-methyl/N-ethyl adjacent to an activating group) is 1. The quantitative estimate of drug-likeness (QED) is 0.0212. The molecule has 0 saturated heterocycles. The third-order valence-corrected chi connectivity index (χ3v) is 15.9. The van der Waals surface area contributed by atoms with E-state index in [0.717, 1.165) is 77.0 Å². The molecule has 9 nitrogen and oxygen atoms in total. The Bertz CT molecular complexity index is 1540. The Hall–Kier alpha value is -2.29. The standard InChI is InChI=1S/C69H129N2O7P/c1-7-10-13-16-19-22-25-28-29-30-31-32-33-34-35-36-37-38-39-40-41-44-46-49-52-55-58-61-68(72)70-66(65-77-79(74,75)76-64-63-71(4,5)6)67(60-57-54-51-48-45-42-26-23-20-17-14-11-8-2)78-69(73)62-59-56-53-50-47-43-27-24-21-18-15-12-9-3/h19,22,28-29,31-32,43,47,57,60,66-67H,7-18,20-21,23-27,30,33-42,44-46,48-56,58-59,61-65H2,1-6H3,(H-,70,72,74,75)/b22-19-,29-28-,32-31-,47-43-,60-57-. The second-order valence-corrected chi connectivity index (χ2v) is 25.4. The number of amides is 1. The van der Waals surface area contributed by atoms with Crippen molar-refractivity contribution in [3.05, 3.63) is 60.8 Å². The molecule has 0 spiro atoms. The van der Waals surface area contributed by atoms with Crippen molar-refractivity contribution in [2.24, 2.45) is 0 Å². The summed E-state index contributed by atoms with van der Waals surface area (Å²) in [5.74, 6) is -0.551. The van der Waals surface area contributed by atoms with Crippen LogP contribution in [0.4, 0.5) is 0 Å². The van der Waals surface area contributed by atoms with Gasteiger partial charge in [0.05, 0.1) is 33.8 Å². The first-order chi connectivity index (χ1) is 38.4. The van der Waals surface area contributed by atoms with Crippen molar-refractivity contribution in [3.63, 3.8) is 0 Å². The molecule has 0 aliphatic heterocycles. The SMILES string of the molecule is CCCCC/C=C\C/C=C\C/C=C\CCCCCCCCCCCCCCCCC(=O)NC(COP(=O)([O-])OCC[N+](C)(C)C)C(/C=C\CCCCCCCCCCCCC)OC(=O)CCCCC/C=C\CCCCCCCC. The van der Waals surface area contributed by atoms with Crippen molar-refractivity contribution < 1.29 is 37.3 Å². The first-order valence-electron chi connectivity index (χ1n) is 33.6. The molecule has 0 aliphatic carbocycles. The number of nitrogens with zero attached hydrogens (tertiary/aromatic N) is 1. The maximum atomic E-state index is 13.6. The van der Waals surface area contributed by atoms with Crippen molar-refractivity contribution in [2.75, 3.05) is 40.9 Å². The third kappa shape index (κ3) is 60.1. The van der Waals surface area contributed by atoms with Gasteiger partial charge >= 0.3 is 5.97 Å². The molecule has 0 radical (unpaired) electrons. The molecule has 3 atom stereocenters. The number of hydrogen-bond acceptors (Lipinski definition) is 7. The van der Waals surface area contributed by atoms with Crippen LogP contribution < -0.4 is 10.2 Å². The van der Waals surface area contributed by atoms with E-state index in [9.17, 15) is 19.0 Å². The first-order valence-corrected chi connectivity index (χ1v) is 35.1. The van der Waals surface area contributed by atoms with Gasteiger partial charge in [0.2, 0.25) is 5.91 Å². The van der Waals surface area contributed by atoms with E-state index in [4.69, 9.17) is 13.8 Å². The highest BCUT2D eigenvalue weighted by Gasteiger charge is 2.27. The zero-order valence-electron chi connectivity index (χ0n) is 52.8. The minimum atomic E-state index is -4.70. The van der Waals surface area contributed by atoms with Crippen LogP contribution in [0.15, 0.2) is 60.8 Å². The fourth-order valence-electron chi connectivity index (χ4n) is 9.70. The summed E-state index contributed by atoms with van der Waals surface area (Å²) < 4.78 is 30.4. The molecule has 79 heavy (non-hydrogen) atoms. The Morgan fingerprint density at radius 1 is 0.443 bits per heavy atom. The van der Waals surface area contributed by atoms with Crippen LogP contribution >= 0.6 is 7.82 Å². The van der Waals surface area contributed by atoms with Crippen LogP contribution in [-0.2, 0) is 27.9 Å². The van der Waals surface area contributed by atoms with Gasteiger partial charge in [-0.25, -0.2) is 0 Å². The van der Waals surface area contributed by atoms with E-state index >= 15 is 0 Å². The van der Waals surface area contributed by atoms with Gasteiger partial charge in [-0.2, -0.15) is 0 Å². The first kappa shape index (κ1) is 76.7. The highest BCUT2D eigenvalue weighted by Crippen LogP contribution is 2.38. The number of esters is 1. The Kier molecular flexibility index (Phi) is 57.2. The number of unbranched alkanes of at least 4 members (excludes halogenated alkanes) is 37. The van der Waals surface area contributed by atoms with Crippen LogP contribution in [-0.4, -0.2) is 69.4 Å². The normalized spacial score (nSPS) is 14.0. The average Bonchev–Trinajstić information content (AvgIpc) is 3.41. The molecule has 0 bridgehead atoms. The molecule has 0 saturated carbocycles. The molecule has 0 heterocycles. The van der Waals surface area contributed by atoms with E-state index in [1.807, 2.05) is 33.3 Å². The smallest absolute Gasteiger partial charge is 0.306 e. The lowest BCUT2D eigenvalue weighted by Gasteiger charge is -2.30. The largest absolute Gasteiger partial charge is 0.756 e. The van der Waals surface area contributed by atoms with Gasteiger partial charge < -0.3 is 28.5 Å². The summed E-state index contributed by atoms with van der Waals surface area (Å²) in [6, 6.07) is -0.895. The summed E-state index contributed by atoms with van der Waals surface area (Å²) in [5, 5.41) is 3.03. The molecule has 0 fully saturated rings. The summed E-state index contributed by atoms with van der Waals surface area (Å²) in [4.78, 5) is 40.0. The predicted octanol–water partition coefficient (Wildman–Crippen LogP) is 20.4. The molecule has 3 unspecified atom stereocenters. The average molecular weight is 1130 g/mol. The molecule has 0 rings (SSSR count). The van der Waals surface area contributed by atoms with Crippen LogP contribution in [0.5, 0.6) is 0 Å². The number of phosphoric ester groups is 1. The van der Waals surface area contributed by atoms with E-state index < -0.39 is 26.6 Å². The molecule has 1 amide bonds. The van der Waals surface area contributed by atoms with Crippen molar-refractivity contribution in [3.8, 4) is 0 Å². The van der Waals surface area contributed by atoms with E-state index in [0.29, 0.717) is 23.9 Å². The highest BCUT2D eigenvalue weighted by atomic mass is 31.2. The van der Waals surface area contributed by atoms with Crippen LogP contribution in [0, 0.1) is 0 Å². The topological polar surface area (TPSA) is 114 Å². The third-order valence-electron chi connectivity index (χ3n) is 14.9. The second kappa shape index (κ2) is 58.9. The van der Waals surface area contributed by atoms with E-state index in [1.165, 1.54) is 199 Å². The minimum Gasteiger partial charge on any atom is -0.756 e. The van der Waals surface area contributed by atoms with Gasteiger partial charge in [0.15, 0.2) is 0 Å². The molecule has 10 heteroatoms. The van der Waals surface area contributed by atoms with Crippen molar-refractivity contribution >= 4 is 19.7 Å². The number of ether oxygens (including phenoxy) is 1. The van der Waals surface area contributed by atoms with Crippen LogP contribution in [0.3, 0.4) is 0 Å². The molecule has 0 aromatic rings. The molecule has 0 aromatic carbocycles. The Balaban J connectivity index is 5.05. The van der Waals surface area contributed by atoms with Crippen LogP contribution in [0.25, 0.3) is 0 Å². The molecule has 1 N–H and O–H groups in total. The molecule has 462 valence electrons. The Morgan fingerprint density at radius 3 is 1.20 bits per heavy atom. The summed E-state index contributed by atoms with van der Waals surface area (Å²) >= 11 is 0. The zero-order chi connectivity index (χ0) is 57.9. The number of hydrogen-bond donors (Lipinski definition) is 1. The van der Waals surface area contributed by atoms with E-state index in [2.05, 4.69) is 74.7 Å². The predicted molar refractivity (Wildman–Crippen MR) is 339 cm³/mol. The number of phosphoric acid groups is 1. The van der Waals surface area contributed by atoms with E-state index in [1.54, 1.807) is 0 Å². The maximum Gasteiger partial charge on any atom is 0.306 e. The van der Waals surface area contributed by atoms with Gasteiger partial charge in [0.25, 0.3) is 7.82 Å². The Labute approximate surface area is 490 Å². The molecular formula is C69H129N2O7P. The molecule has 0 aliphatic rings. The fraction of sp³-hybridized carbons (Fsp3) is 0.826. The van der Waals surface area contributed by atoms with Crippen molar-refractivity contribution in [1.29, 1.82) is 0 Å². The summed E-state index contributed by atoms with van der Waals surface area (Å²) in [5.41, 5.74) is 0. The highest BCUT2D eigenvalue weighted by molar-refractivity contribution is 7.45. The molecular weight excluding hydrogens is 1000 g/mol. The van der Waals surface area contributed by atoms with Gasteiger partial charge in [-0.1, -0.05) is 268 Å². The number of nitrogens with one attached hydrogen (secondary N) is 1. The van der Waals surface area contributed by atoms with Gasteiger partial charge in [0.1, 0.15) is 19.3 Å². The maximum absolute atomic E-state index is 13.6.